The Kier molecular flexibility index (Phi) is 6.61. The number of hydrogen-bond donors (Lipinski definition) is 1. The van der Waals surface area contributed by atoms with Crippen LogP contribution < -0.4 is 4.74 Å². The Balaban J connectivity index is 1.73. The number of likely N-dealkylation sites (tertiary alicyclic amines) is 1. The van der Waals surface area contributed by atoms with Gasteiger partial charge >= 0.3 is 0 Å². The highest BCUT2D eigenvalue weighted by atomic mass is 32.2. The van der Waals surface area contributed by atoms with Crippen molar-refractivity contribution >= 4 is 34.9 Å². The number of benzene rings is 1. The molecule has 3 amide bonds. The van der Waals surface area contributed by atoms with Crippen molar-refractivity contribution in [3.8, 4) is 11.5 Å². The first-order chi connectivity index (χ1) is 13.5. The summed E-state index contributed by atoms with van der Waals surface area (Å²) >= 11 is 0.773. The Labute approximate surface area is 168 Å². The quantitative estimate of drug-likeness (QED) is 0.758. The van der Waals surface area contributed by atoms with Crippen LogP contribution in [0.15, 0.2) is 23.1 Å². The van der Waals surface area contributed by atoms with E-state index in [-0.39, 0.29) is 23.1 Å². The normalized spacial score (nSPS) is 19.2. The van der Waals surface area contributed by atoms with Gasteiger partial charge in [-0.1, -0.05) is 25.0 Å². The highest BCUT2D eigenvalue weighted by molar-refractivity contribution is 8.18. The minimum absolute atomic E-state index is 0.0863. The monoisotopic (exact) mass is 404 g/mol. The van der Waals surface area contributed by atoms with Gasteiger partial charge in [0.1, 0.15) is 6.54 Å². The molecule has 0 saturated carbocycles. The molecule has 8 heteroatoms. The van der Waals surface area contributed by atoms with Gasteiger partial charge in [-0.2, -0.15) is 0 Å². The van der Waals surface area contributed by atoms with E-state index in [0.717, 1.165) is 42.3 Å². The van der Waals surface area contributed by atoms with Crippen molar-refractivity contribution in [3.05, 3.63) is 28.7 Å². The summed E-state index contributed by atoms with van der Waals surface area (Å²) in [6.45, 7) is 3.30. The van der Waals surface area contributed by atoms with Crippen LogP contribution in [0.25, 0.3) is 6.08 Å². The molecule has 0 bridgehead atoms. The first kappa shape index (κ1) is 20.3. The molecule has 7 nitrogen and oxygen atoms in total. The summed E-state index contributed by atoms with van der Waals surface area (Å²) in [6, 6.07) is 4.96. The van der Waals surface area contributed by atoms with Crippen LogP contribution in [-0.4, -0.2) is 58.2 Å². The number of thioether (sulfide) groups is 1. The molecule has 0 atom stereocenters. The fourth-order valence-electron chi connectivity index (χ4n) is 3.26. The Bertz CT molecular complexity index is 800. The first-order valence-electron chi connectivity index (χ1n) is 9.49. The summed E-state index contributed by atoms with van der Waals surface area (Å²) in [4.78, 5) is 40.4. The third-order valence-corrected chi connectivity index (χ3v) is 5.65. The molecule has 0 spiro atoms. The number of carbonyl (C=O) groups excluding carboxylic acids is 3. The average molecular weight is 404 g/mol. The van der Waals surface area contributed by atoms with Gasteiger partial charge in [-0.25, -0.2) is 0 Å². The maximum Gasteiger partial charge on any atom is 0.294 e. The predicted molar refractivity (Wildman–Crippen MR) is 107 cm³/mol. The Morgan fingerprint density at radius 1 is 1.21 bits per heavy atom. The second kappa shape index (κ2) is 9.14. The summed E-state index contributed by atoms with van der Waals surface area (Å²) in [5, 5.41) is 9.82. The standard InChI is InChI=1S/C20H24N2O5S/c1-2-27-15-9-7-8-14(18(15)24)12-16-19(25)22(20(26)28-16)13-17(23)21-10-5-3-4-6-11-21/h7-9,12,24H,2-6,10-11,13H2,1H3. The third-order valence-electron chi connectivity index (χ3n) is 4.74. The van der Waals surface area contributed by atoms with Crippen LogP contribution in [0.3, 0.4) is 0 Å². The maximum absolute atomic E-state index is 12.7. The van der Waals surface area contributed by atoms with Gasteiger partial charge in [-0.05, 0) is 43.7 Å². The summed E-state index contributed by atoms with van der Waals surface area (Å²) < 4.78 is 5.34. The molecule has 0 aliphatic carbocycles. The summed E-state index contributed by atoms with van der Waals surface area (Å²) in [5.41, 5.74) is 0.385. The van der Waals surface area contributed by atoms with E-state index < -0.39 is 11.1 Å². The van der Waals surface area contributed by atoms with Crippen molar-refractivity contribution in [2.45, 2.75) is 32.6 Å². The lowest BCUT2D eigenvalue weighted by molar-refractivity contribution is -0.135. The van der Waals surface area contributed by atoms with Crippen LogP contribution in [0.1, 0.15) is 38.2 Å². The van der Waals surface area contributed by atoms with E-state index in [2.05, 4.69) is 0 Å². The van der Waals surface area contributed by atoms with Gasteiger partial charge in [0, 0.05) is 18.7 Å². The lowest BCUT2D eigenvalue weighted by Gasteiger charge is -2.22. The molecule has 0 unspecified atom stereocenters. The molecule has 150 valence electrons. The van der Waals surface area contributed by atoms with E-state index >= 15 is 0 Å². The van der Waals surface area contributed by atoms with Gasteiger partial charge in [-0.3, -0.25) is 19.3 Å². The van der Waals surface area contributed by atoms with Crippen molar-refractivity contribution in [1.82, 2.24) is 9.80 Å². The number of nitrogens with zero attached hydrogens (tertiary/aromatic N) is 2. The minimum atomic E-state index is -0.514. The van der Waals surface area contributed by atoms with Crippen LogP contribution in [0.2, 0.25) is 0 Å². The smallest absolute Gasteiger partial charge is 0.294 e. The number of rotatable bonds is 5. The molecule has 2 saturated heterocycles. The fraction of sp³-hybridized carbons (Fsp3) is 0.450. The third kappa shape index (κ3) is 4.49. The number of phenols is 1. The maximum atomic E-state index is 12.7. The number of aromatic hydroxyl groups is 1. The van der Waals surface area contributed by atoms with Crippen molar-refractivity contribution in [3.63, 3.8) is 0 Å². The number of phenolic OH excluding ortho intramolecular Hbond substituents is 1. The van der Waals surface area contributed by atoms with Crippen molar-refractivity contribution in [1.29, 1.82) is 0 Å². The van der Waals surface area contributed by atoms with Crippen LogP contribution in [0, 0.1) is 0 Å². The van der Waals surface area contributed by atoms with Gasteiger partial charge in [0.15, 0.2) is 11.5 Å². The topological polar surface area (TPSA) is 87.2 Å². The molecule has 2 aliphatic rings. The van der Waals surface area contributed by atoms with E-state index in [1.54, 1.807) is 30.0 Å². The summed E-state index contributed by atoms with van der Waals surface area (Å²) in [5.74, 6) is -0.491. The molecule has 2 aliphatic heterocycles. The number of carbonyl (C=O) groups is 3. The van der Waals surface area contributed by atoms with Crippen LogP contribution in [-0.2, 0) is 9.59 Å². The molecule has 0 aromatic heterocycles. The fourth-order valence-corrected chi connectivity index (χ4v) is 4.09. The van der Waals surface area contributed by atoms with Gasteiger partial charge in [0.25, 0.3) is 11.1 Å². The molecule has 2 fully saturated rings. The van der Waals surface area contributed by atoms with Crippen molar-refractivity contribution in [2.24, 2.45) is 0 Å². The number of amides is 3. The molecule has 1 N–H and O–H groups in total. The average Bonchev–Trinajstić information content (AvgIpc) is 2.88. The molecule has 1 aromatic carbocycles. The zero-order chi connectivity index (χ0) is 20.1. The first-order valence-corrected chi connectivity index (χ1v) is 10.3. The molecular formula is C20H24N2O5S. The number of ether oxygens (including phenoxy) is 1. The highest BCUT2D eigenvalue weighted by Gasteiger charge is 2.37. The van der Waals surface area contributed by atoms with Gasteiger partial charge in [-0.15, -0.1) is 0 Å². The van der Waals surface area contributed by atoms with E-state index in [1.165, 1.54) is 6.08 Å². The lowest BCUT2D eigenvalue weighted by atomic mass is 10.1. The summed E-state index contributed by atoms with van der Waals surface area (Å²) in [6.07, 6.45) is 5.54. The Morgan fingerprint density at radius 2 is 1.93 bits per heavy atom. The molecule has 3 rings (SSSR count). The largest absolute Gasteiger partial charge is 0.504 e. The highest BCUT2D eigenvalue weighted by Crippen LogP contribution is 2.36. The Hall–Kier alpha value is -2.48. The van der Waals surface area contributed by atoms with E-state index in [1.807, 2.05) is 0 Å². The van der Waals surface area contributed by atoms with Crippen molar-refractivity contribution in [2.75, 3.05) is 26.2 Å². The van der Waals surface area contributed by atoms with E-state index in [0.29, 0.717) is 31.0 Å². The number of hydrogen-bond acceptors (Lipinski definition) is 6. The van der Waals surface area contributed by atoms with Crippen LogP contribution in [0.5, 0.6) is 11.5 Å². The second-order valence-electron chi connectivity index (χ2n) is 6.69. The molecule has 2 heterocycles. The summed E-state index contributed by atoms with van der Waals surface area (Å²) in [7, 11) is 0. The SMILES string of the molecule is CCOc1cccc(C=C2SC(=O)N(CC(=O)N3CCCCCC3)C2=O)c1O. The van der Waals surface area contributed by atoms with Gasteiger partial charge < -0.3 is 14.7 Å². The number of para-hydroxylation sites is 1. The van der Waals surface area contributed by atoms with E-state index in [4.69, 9.17) is 4.74 Å². The van der Waals surface area contributed by atoms with Gasteiger partial charge in [0.2, 0.25) is 5.91 Å². The van der Waals surface area contributed by atoms with E-state index in [9.17, 15) is 19.5 Å². The van der Waals surface area contributed by atoms with Crippen molar-refractivity contribution < 1.29 is 24.2 Å². The van der Waals surface area contributed by atoms with Crippen LogP contribution >= 0.6 is 11.8 Å². The molecule has 28 heavy (non-hydrogen) atoms. The molecular weight excluding hydrogens is 380 g/mol. The Morgan fingerprint density at radius 3 is 2.61 bits per heavy atom. The lowest BCUT2D eigenvalue weighted by Crippen LogP contribution is -2.42. The van der Waals surface area contributed by atoms with Crippen LogP contribution in [0.4, 0.5) is 4.79 Å². The number of imide groups is 1. The predicted octanol–water partition coefficient (Wildman–Crippen LogP) is 3.23. The zero-order valence-corrected chi connectivity index (χ0v) is 16.7. The van der Waals surface area contributed by atoms with Gasteiger partial charge in [0.05, 0.1) is 11.5 Å². The molecule has 1 aromatic rings. The molecule has 0 radical (unpaired) electrons. The zero-order valence-electron chi connectivity index (χ0n) is 15.8. The second-order valence-corrected chi connectivity index (χ2v) is 7.68. The minimum Gasteiger partial charge on any atom is -0.504 e.